The van der Waals surface area contributed by atoms with Crippen molar-refractivity contribution in [3.05, 3.63) is 0 Å². The van der Waals surface area contributed by atoms with E-state index in [1.807, 2.05) is 0 Å². The van der Waals surface area contributed by atoms with Crippen molar-refractivity contribution in [1.82, 2.24) is 10.2 Å². The predicted molar refractivity (Wildman–Crippen MR) is 68.1 cm³/mol. The van der Waals surface area contributed by atoms with Crippen LogP contribution in [0.15, 0.2) is 0 Å². The van der Waals surface area contributed by atoms with Gasteiger partial charge in [-0.2, -0.15) is 0 Å². The van der Waals surface area contributed by atoms with E-state index in [2.05, 4.69) is 5.32 Å². The largest absolute Gasteiger partial charge is 0.394 e. The molecule has 2 fully saturated rings. The summed E-state index contributed by atoms with van der Waals surface area (Å²) in [6.07, 6.45) is 2.58. The molecule has 1 heterocycles. The number of aliphatic hydroxyl groups excluding tert-OH is 2. The van der Waals surface area contributed by atoms with Crippen molar-refractivity contribution in [1.29, 1.82) is 0 Å². The molecule has 0 bridgehead atoms. The van der Waals surface area contributed by atoms with Gasteiger partial charge in [-0.15, -0.1) is 0 Å². The van der Waals surface area contributed by atoms with E-state index in [9.17, 15) is 9.59 Å². The minimum absolute atomic E-state index is 0.0294. The summed E-state index contributed by atoms with van der Waals surface area (Å²) < 4.78 is 0. The Morgan fingerprint density at radius 1 is 1.42 bits per heavy atom. The lowest BCUT2D eigenvalue weighted by atomic mass is 10.0. The van der Waals surface area contributed by atoms with Gasteiger partial charge < -0.3 is 20.4 Å². The number of hydrogen-bond acceptors (Lipinski definition) is 4. The average molecular weight is 270 g/mol. The summed E-state index contributed by atoms with van der Waals surface area (Å²) >= 11 is 0. The maximum absolute atomic E-state index is 12.1. The summed E-state index contributed by atoms with van der Waals surface area (Å²) in [7, 11) is 0. The highest BCUT2D eigenvalue weighted by Gasteiger charge is 2.38. The molecule has 0 spiro atoms. The molecule has 2 amide bonds. The number of amides is 2. The molecule has 0 radical (unpaired) electrons. The first-order chi connectivity index (χ1) is 8.97. The van der Waals surface area contributed by atoms with Crippen LogP contribution in [0.1, 0.15) is 26.2 Å². The quantitative estimate of drug-likeness (QED) is 0.584. The highest BCUT2D eigenvalue weighted by atomic mass is 16.3. The van der Waals surface area contributed by atoms with Crippen LogP contribution in [-0.4, -0.2) is 58.8 Å². The van der Waals surface area contributed by atoms with Crippen molar-refractivity contribution in [3.8, 4) is 0 Å². The van der Waals surface area contributed by atoms with Crippen LogP contribution >= 0.6 is 0 Å². The topological polar surface area (TPSA) is 89.9 Å². The number of likely N-dealkylation sites (tertiary alicyclic amines) is 1. The molecule has 6 nitrogen and oxygen atoms in total. The fourth-order valence-electron chi connectivity index (χ4n) is 2.26. The van der Waals surface area contributed by atoms with E-state index < -0.39 is 5.54 Å². The van der Waals surface area contributed by atoms with E-state index in [4.69, 9.17) is 10.2 Å². The second-order valence-electron chi connectivity index (χ2n) is 6.01. The molecule has 1 unspecified atom stereocenters. The Labute approximate surface area is 112 Å². The molecule has 0 aromatic heterocycles. The van der Waals surface area contributed by atoms with Gasteiger partial charge in [-0.05, 0) is 25.7 Å². The zero-order valence-corrected chi connectivity index (χ0v) is 11.3. The number of carbonyl (C=O) groups is 2. The summed E-state index contributed by atoms with van der Waals surface area (Å²) in [5.74, 6) is 0.00795. The third kappa shape index (κ3) is 3.45. The van der Waals surface area contributed by atoms with Gasteiger partial charge in [0.05, 0.1) is 24.7 Å². The Morgan fingerprint density at radius 3 is 2.58 bits per heavy atom. The zero-order valence-electron chi connectivity index (χ0n) is 11.3. The van der Waals surface area contributed by atoms with E-state index in [0.717, 1.165) is 6.54 Å². The first-order valence-corrected chi connectivity index (χ1v) is 6.79. The van der Waals surface area contributed by atoms with E-state index >= 15 is 0 Å². The molecule has 2 aliphatic rings. The van der Waals surface area contributed by atoms with Gasteiger partial charge in [-0.3, -0.25) is 9.59 Å². The second kappa shape index (κ2) is 5.46. The number of carbonyl (C=O) groups excluding carboxylic acids is 2. The normalized spacial score (nSPS) is 23.8. The molecule has 1 aliphatic carbocycles. The highest BCUT2D eigenvalue weighted by Crippen LogP contribution is 2.32. The number of aliphatic hydroxyl groups is 2. The van der Waals surface area contributed by atoms with Crippen molar-refractivity contribution in [2.75, 3.05) is 26.3 Å². The predicted octanol–water partition coefficient (Wildman–Crippen LogP) is -0.896. The lowest BCUT2D eigenvalue weighted by molar-refractivity contribution is -0.130. The Bertz CT molecular complexity index is 364. The van der Waals surface area contributed by atoms with Crippen LogP contribution in [0.3, 0.4) is 0 Å². The number of nitrogens with zero attached hydrogens (tertiary/aromatic N) is 1. The zero-order chi connectivity index (χ0) is 14.0. The van der Waals surface area contributed by atoms with Crippen LogP contribution in [0.25, 0.3) is 0 Å². The molecule has 0 aromatic carbocycles. The highest BCUT2D eigenvalue weighted by molar-refractivity contribution is 5.89. The number of rotatable bonds is 6. The van der Waals surface area contributed by atoms with E-state index in [1.54, 1.807) is 11.8 Å². The van der Waals surface area contributed by atoms with Crippen molar-refractivity contribution >= 4 is 11.8 Å². The average Bonchev–Trinajstić information content (AvgIpc) is 3.13. The van der Waals surface area contributed by atoms with Crippen LogP contribution in [-0.2, 0) is 9.59 Å². The molecule has 108 valence electrons. The van der Waals surface area contributed by atoms with Gasteiger partial charge in [0.25, 0.3) is 0 Å². The summed E-state index contributed by atoms with van der Waals surface area (Å²) in [6.45, 7) is 2.13. The van der Waals surface area contributed by atoms with E-state index in [1.165, 1.54) is 12.8 Å². The molecule has 19 heavy (non-hydrogen) atoms. The fraction of sp³-hybridized carbons (Fsp3) is 0.846. The van der Waals surface area contributed by atoms with Crippen molar-refractivity contribution in [2.24, 2.45) is 11.8 Å². The molecule has 6 heteroatoms. The smallest absolute Gasteiger partial charge is 0.226 e. The molecule has 3 N–H and O–H groups in total. The first kappa shape index (κ1) is 14.3. The SMILES string of the molecule is CC(CO)(CO)NC(=O)C1CC(=O)N(CC2CC2)C1. The maximum Gasteiger partial charge on any atom is 0.226 e. The molecular formula is C13H22N2O4. The van der Waals surface area contributed by atoms with Crippen LogP contribution < -0.4 is 5.32 Å². The lowest BCUT2D eigenvalue weighted by Gasteiger charge is -2.27. The van der Waals surface area contributed by atoms with Crippen LogP contribution in [0.2, 0.25) is 0 Å². The monoisotopic (exact) mass is 270 g/mol. The molecule has 1 atom stereocenters. The summed E-state index contributed by atoms with van der Waals surface area (Å²) in [5.41, 5.74) is -1.02. The number of nitrogens with one attached hydrogen (secondary N) is 1. The van der Waals surface area contributed by atoms with Crippen LogP contribution in [0.4, 0.5) is 0 Å². The molecule has 2 rings (SSSR count). The fourth-order valence-corrected chi connectivity index (χ4v) is 2.26. The third-order valence-electron chi connectivity index (χ3n) is 3.88. The van der Waals surface area contributed by atoms with Crippen LogP contribution in [0, 0.1) is 11.8 Å². The van der Waals surface area contributed by atoms with Crippen molar-refractivity contribution < 1.29 is 19.8 Å². The van der Waals surface area contributed by atoms with Crippen molar-refractivity contribution in [3.63, 3.8) is 0 Å². The minimum Gasteiger partial charge on any atom is -0.394 e. The van der Waals surface area contributed by atoms with Gasteiger partial charge in [-0.1, -0.05) is 0 Å². The Balaban J connectivity index is 1.88. The third-order valence-corrected chi connectivity index (χ3v) is 3.88. The Morgan fingerprint density at radius 2 is 2.05 bits per heavy atom. The minimum atomic E-state index is -1.02. The van der Waals surface area contributed by atoms with E-state index in [-0.39, 0.29) is 37.4 Å². The lowest BCUT2D eigenvalue weighted by Crippen LogP contribution is -2.53. The maximum atomic E-state index is 12.1. The van der Waals surface area contributed by atoms with Gasteiger partial charge in [0.1, 0.15) is 0 Å². The Hall–Kier alpha value is -1.14. The van der Waals surface area contributed by atoms with Gasteiger partial charge in [0.15, 0.2) is 0 Å². The van der Waals surface area contributed by atoms with Gasteiger partial charge in [0.2, 0.25) is 11.8 Å². The second-order valence-corrected chi connectivity index (χ2v) is 6.01. The van der Waals surface area contributed by atoms with Gasteiger partial charge in [-0.25, -0.2) is 0 Å². The Kier molecular flexibility index (Phi) is 4.10. The number of hydrogen-bond donors (Lipinski definition) is 3. The summed E-state index contributed by atoms with van der Waals surface area (Å²) in [6, 6.07) is 0. The standard InChI is InChI=1S/C13H22N2O4/c1-13(7-16,8-17)14-12(19)10-4-11(18)15(6-10)5-9-2-3-9/h9-10,16-17H,2-8H2,1H3,(H,14,19). The van der Waals surface area contributed by atoms with Crippen LogP contribution in [0.5, 0.6) is 0 Å². The van der Waals surface area contributed by atoms with Crippen molar-refractivity contribution in [2.45, 2.75) is 31.7 Å². The molecule has 1 saturated heterocycles. The van der Waals surface area contributed by atoms with Gasteiger partial charge >= 0.3 is 0 Å². The summed E-state index contributed by atoms with van der Waals surface area (Å²) in [4.78, 5) is 25.6. The first-order valence-electron chi connectivity index (χ1n) is 6.79. The molecule has 1 aliphatic heterocycles. The molecule has 0 aromatic rings. The molecular weight excluding hydrogens is 248 g/mol. The van der Waals surface area contributed by atoms with E-state index in [0.29, 0.717) is 12.5 Å². The summed E-state index contributed by atoms with van der Waals surface area (Å²) in [5, 5.41) is 20.9. The molecule has 1 saturated carbocycles. The van der Waals surface area contributed by atoms with Gasteiger partial charge in [0, 0.05) is 19.5 Å².